The number of fused-ring (bicyclic) bond motifs is 1. The molecule has 2 unspecified atom stereocenters. The summed E-state index contributed by atoms with van der Waals surface area (Å²) in [5.41, 5.74) is -0.988. The maximum Gasteiger partial charge on any atom is 0.170 e. The molecular weight excluding hydrogens is 500 g/mol. The first-order valence-electron chi connectivity index (χ1n) is 11.8. The Labute approximate surface area is 207 Å². The van der Waals surface area contributed by atoms with Crippen molar-refractivity contribution in [2.75, 3.05) is 0 Å². The van der Waals surface area contributed by atoms with Gasteiger partial charge in [-0.15, -0.1) is 0 Å². The molecule has 194 valence electrons. The number of rotatable bonds is 2. The Hall–Kier alpha value is -3.16. The van der Waals surface area contributed by atoms with E-state index in [-0.39, 0.29) is 28.5 Å². The smallest absolute Gasteiger partial charge is 0.170 e. The molecule has 0 aromatic heterocycles. The van der Waals surface area contributed by atoms with Gasteiger partial charge in [-0.1, -0.05) is 13.8 Å². The average molecular weight is 522 g/mol. The zero-order valence-corrected chi connectivity index (χ0v) is 20.9. The summed E-state index contributed by atoms with van der Waals surface area (Å²) in [7, 11) is 0. The van der Waals surface area contributed by atoms with E-state index in [0.717, 1.165) is 13.8 Å². The predicted octanol–water partition coefficient (Wildman–Crippen LogP) is 9.15. The van der Waals surface area contributed by atoms with Gasteiger partial charge in [0.05, 0.1) is 10.8 Å². The average Bonchev–Trinajstić information content (AvgIpc) is 3.18. The molecule has 5 rings (SSSR count). The molecule has 0 bridgehead atoms. The number of benzene rings is 4. The second-order valence-electron chi connectivity index (χ2n) is 10.1. The third kappa shape index (κ3) is 3.07. The lowest BCUT2D eigenvalue weighted by Gasteiger charge is -2.25. The Morgan fingerprint density at radius 3 is 1.65 bits per heavy atom. The monoisotopic (exact) mass is 522 g/mol. The summed E-state index contributed by atoms with van der Waals surface area (Å²) >= 11 is 0. The summed E-state index contributed by atoms with van der Waals surface area (Å²) < 4.78 is 121. The van der Waals surface area contributed by atoms with E-state index in [1.807, 2.05) is 0 Å². The first-order chi connectivity index (χ1) is 17.2. The molecule has 0 saturated heterocycles. The SMILES string of the molecule is Cc1c(C(C)c2c(F)c(C)c3c(F)c(F)c(C)c4c3c2C(C)C4)c(F)c2c(F)c(C)c(F)c(F)c2c1F. The molecule has 8 heteroatoms. The minimum Gasteiger partial charge on any atom is -0.206 e. The molecule has 0 aliphatic heterocycles. The molecular formula is C29H22F8. The maximum absolute atomic E-state index is 16.0. The standard InChI is InChI=1S/C29H22F8/c1-8-7-14-9(2)25(33)28(36)18-12(5)22(30)17(15(8)19(14)18)10(3)16-11(4)23(31)21-20(27(16)35)24(32)13(6)26(34)29(21)37/h8,10H,7H2,1-6H3. The lowest BCUT2D eigenvalue weighted by molar-refractivity contribution is 0.487. The molecule has 0 spiro atoms. The molecule has 0 radical (unpaired) electrons. The summed E-state index contributed by atoms with van der Waals surface area (Å²) in [6, 6.07) is 0. The van der Waals surface area contributed by atoms with Gasteiger partial charge in [-0.2, -0.15) is 0 Å². The number of hydrogen-bond donors (Lipinski definition) is 0. The van der Waals surface area contributed by atoms with Crippen molar-refractivity contribution >= 4 is 21.5 Å². The highest BCUT2D eigenvalue weighted by Crippen LogP contribution is 2.50. The minimum absolute atomic E-state index is 0.0536. The molecule has 0 heterocycles. The molecule has 0 fully saturated rings. The summed E-state index contributed by atoms with van der Waals surface area (Å²) in [5, 5.41) is -2.09. The van der Waals surface area contributed by atoms with Gasteiger partial charge in [0.1, 0.15) is 23.3 Å². The van der Waals surface area contributed by atoms with Gasteiger partial charge in [-0.05, 0) is 78.8 Å². The Balaban J connectivity index is 1.93. The highest BCUT2D eigenvalue weighted by molar-refractivity contribution is 5.97. The molecule has 4 aromatic rings. The van der Waals surface area contributed by atoms with E-state index >= 15 is 17.6 Å². The van der Waals surface area contributed by atoms with Crippen LogP contribution in [0, 0.1) is 74.2 Å². The van der Waals surface area contributed by atoms with Crippen LogP contribution in [0.25, 0.3) is 21.5 Å². The van der Waals surface area contributed by atoms with E-state index in [0.29, 0.717) is 16.5 Å². The van der Waals surface area contributed by atoms with Gasteiger partial charge in [0.2, 0.25) is 0 Å². The van der Waals surface area contributed by atoms with E-state index in [2.05, 4.69) is 0 Å². The number of aryl methyl sites for hydroxylation is 1. The summed E-state index contributed by atoms with van der Waals surface area (Å²) in [5.74, 6) is -12.3. The Morgan fingerprint density at radius 2 is 1.03 bits per heavy atom. The normalized spacial score (nSPS) is 15.9. The van der Waals surface area contributed by atoms with Crippen molar-refractivity contribution in [1.82, 2.24) is 0 Å². The Kier molecular flexibility index (Phi) is 5.63. The molecule has 0 amide bonds. The van der Waals surface area contributed by atoms with Crippen molar-refractivity contribution in [2.24, 2.45) is 0 Å². The number of hydrogen-bond acceptors (Lipinski definition) is 0. The Bertz CT molecular complexity index is 1700. The molecule has 2 atom stereocenters. The topological polar surface area (TPSA) is 0 Å². The van der Waals surface area contributed by atoms with E-state index in [9.17, 15) is 17.6 Å². The van der Waals surface area contributed by atoms with Crippen LogP contribution in [0.1, 0.15) is 70.2 Å². The highest BCUT2D eigenvalue weighted by Gasteiger charge is 2.37. The van der Waals surface area contributed by atoms with Crippen LogP contribution in [0.4, 0.5) is 35.1 Å². The van der Waals surface area contributed by atoms with Crippen molar-refractivity contribution in [3.8, 4) is 0 Å². The molecule has 0 saturated carbocycles. The van der Waals surface area contributed by atoms with Crippen molar-refractivity contribution in [2.45, 2.75) is 59.8 Å². The fourth-order valence-corrected chi connectivity index (χ4v) is 6.12. The van der Waals surface area contributed by atoms with E-state index in [1.165, 1.54) is 20.8 Å². The van der Waals surface area contributed by atoms with Gasteiger partial charge < -0.3 is 0 Å². The Morgan fingerprint density at radius 1 is 0.514 bits per heavy atom. The minimum atomic E-state index is -1.72. The fraction of sp³-hybridized carbons (Fsp3) is 0.310. The molecule has 1 aliphatic rings. The molecule has 0 N–H and O–H groups in total. The zero-order valence-electron chi connectivity index (χ0n) is 20.9. The van der Waals surface area contributed by atoms with Gasteiger partial charge >= 0.3 is 0 Å². The van der Waals surface area contributed by atoms with Crippen LogP contribution in [0.5, 0.6) is 0 Å². The molecule has 0 nitrogen and oxygen atoms in total. The van der Waals surface area contributed by atoms with E-state index < -0.39 is 85.8 Å². The van der Waals surface area contributed by atoms with Crippen LogP contribution in [-0.4, -0.2) is 0 Å². The summed E-state index contributed by atoms with van der Waals surface area (Å²) in [6.45, 7) is 7.86. The number of halogens is 8. The van der Waals surface area contributed by atoms with E-state index in [1.54, 1.807) is 6.92 Å². The molecule has 4 aromatic carbocycles. The quantitative estimate of drug-likeness (QED) is 0.182. The van der Waals surface area contributed by atoms with Crippen LogP contribution < -0.4 is 0 Å². The third-order valence-electron chi connectivity index (χ3n) is 8.06. The lowest BCUT2D eigenvalue weighted by Crippen LogP contribution is -2.13. The van der Waals surface area contributed by atoms with Gasteiger partial charge in [-0.3, -0.25) is 0 Å². The second-order valence-corrected chi connectivity index (χ2v) is 10.1. The first-order valence-corrected chi connectivity index (χ1v) is 11.8. The molecule has 1 aliphatic carbocycles. The summed E-state index contributed by atoms with van der Waals surface area (Å²) in [6.07, 6.45) is 0.281. The van der Waals surface area contributed by atoms with Crippen LogP contribution in [0.15, 0.2) is 0 Å². The predicted molar refractivity (Wildman–Crippen MR) is 126 cm³/mol. The van der Waals surface area contributed by atoms with Gasteiger partial charge in [-0.25, -0.2) is 35.1 Å². The van der Waals surface area contributed by atoms with Gasteiger partial charge in [0.15, 0.2) is 23.3 Å². The van der Waals surface area contributed by atoms with Crippen LogP contribution in [0.3, 0.4) is 0 Å². The van der Waals surface area contributed by atoms with Crippen molar-refractivity contribution in [1.29, 1.82) is 0 Å². The lowest BCUT2D eigenvalue weighted by atomic mass is 9.80. The largest absolute Gasteiger partial charge is 0.206 e. The fourth-order valence-electron chi connectivity index (χ4n) is 6.12. The highest BCUT2D eigenvalue weighted by atomic mass is 19.2. The second kappa shape index (κ2) is 8.17. The molecule has 37 heavy (non-hydrogen) atoms. The zero-order chi connectivity index (χ0) is 27.4. The van der Waals surface area contributed by atoms with Crippen molar-refractivity contribution in [3.63, 3.8) is 0 Å². The van der Waals surface area contributed by atoms with Gasteiger partial charge in [0, 0.05) is 22.4 Å². The van der Waals surface area contributed by atoms with Crippen LogP contribution in [0.2, 0.25) is 0 Å². The first kappa shape index (κ1) is 25.5. The van der Waals surface area contributed by atoms with Crippen LogP contribution in [-0.2, 0) is 6.42 Å². The van der Waals surface area contributed by atoms with E-state index in [4.69, 9.17) is 0 Å². The third-order valence-corrected chi connectivity index (χ3v) is 8.06. The van der Waals surface area contributed by atoms with Crippen molar-refractivity contribution < 1.29 is 35.1 Å². The maximum atomic E-state index is 16.0. The van der Waals surface area contributed by atoms with Gasteiger partial charge in [0.25, 0.3) is 0 Å². The summed E-state index contributed by atoms with van der Waals surface area (Å²) in [4.78, 5) is 0. The van der Waals surface area contributed by atoms with Crippen molar-refractivity contribution in [3.05, 3.63) is 91.0 Å². The van der Waals surface area contributed by atoms with Crippen LogP contribution >= 0.6 is 0 Å².